The zero-order valence-electron chi connectivity index (χ0n) is 7.97. The quantitative estimate of drug-likeness (QED) is 0.645. The fourth-order valence-electron chi connectivity index (χ4n) is 1.22. The minimum Gasteiger partial charge on any atom is -0.504 e. The molecule has 0 radical (unpaired) electrons. The molecule has 0 fully saturated rings. The van der Waals surface area contributed by atoms with E-state index in [-0.39, 0.29) is 23.6 Å². The second-order valence-electron chi connectivity index (χ2n) is 2.88. The number of hydroxylamine groups is 1. The summed E-state index contributed by atoms with van der Waals surface area (Å²) in [5.74, 6) is -1.08. The van der Waals surface area contributed by atoms with Crippen LogP contribution in [-0.2, 0) is 6.54 Å². The van der Waals surface area contributed by atoms with Crippen molar-refractivity contribution in [2.75, 3.05) is 7.11 Å². The minimum atomic E-state index is -0.669. The van der Waals surface area contributed by atoms with Crippen LogP contribution in [0.5, 0.6) is 11.5 Å². The maximum absolute atomic E-state index is 13.5. The molecule has 0 spiro atoms. The van der Waals surface area contributed by atoms with E-state index in [4.69, 9.17) is 9.94 Å². The molecule has 0 aliphatic carbocycles. The number of phenolic OH excluding ortho intramolecular Hbond substituents is 1. The van der Waals surface area contributed by atoms with Gasteiger partial charge >= 0.3 is 0 Å². The van der Waals surface area contributed by atoms with Gasteiger partial charge in [-0.2, -0.15) is 0 Å². The van der Waals surface area contributed by atoms with E-state index >= 15 is 0 Å². The van der Waals surface area contributed by atoms with Gasteiger partial charge in [-0.15, -0.1) is 0 Å². The third-order valence-electron chi connectivity index (χ3n) is 1.93. The molecule has 0 heterocycles. The standard InChI is InChI=1S/C9H12FNO3/c1-5-3-6(4-11-13)7(10)9(14-2)8(5)12/h3,11-13H,4H2,1-2H3. The van der Waals surface area contributed by atoms with Gasteiger partial charge in [-0.3, -0.25) is 0 Å². The minimum absolute atomic E-state index is 0.0384. The van der Waals surface area contributed by atoms with Crippen LogP contribution in [0.15, 0.2) is 6.07 Å². The Morgan fingerprint density at radius 1 is 1.57 bits per heavy atom. The van der Waals surface area contributed by atoms with Gasteiger partial charge in [0.1, 0.15) is 0 Å². The van der Waals surface area contributed by atoms with Crippen molar-refractivity contribution in [3.05, 3.63) is 23.0 Å². The molecule has 0 aliphatic rings. The number of nitrogens with one attached hydrogen (secondary N) is 1. The number of phenols is 1. The lowest BCUT2D eigenvalue weighted by Gasteiger charge is -2.11. The Labute approximate surface area is 80.9 Å². The van der Waals surface area contributed by atoms with E-state index in [2.05, 4.69) is 0 Å². The smallest absolute Gasteiger partial charge is 0.197 e. The largest absolute Gasteiger partial charge is 0.504 e. The van der Waals surface area contributed by atoms with Crippen LogP contribution in [0, 0.1) is 12.7 Å². The molecule has 1 rings (SSSR count). The van der Waals surface area contributed by atoms with Gasteiger partial charge in [0, 0.05) is 12.1 Å². The maximum Gasteiger partial charge on any atom is 0.197 e. The van der Waals surface area contributed by atoms with E-state index < -0.39 is 5.82 Å². The first-order chi connectivity index (χ1) is 6.61. The van der Waals surface area contributed by atoms with Gasteiger partial charge in [-0.05, 0) is 18.6 Å². The highest BCUT2D eigenvalue weighted by molar-refractivity contribution is 5.49. The Kier molecular flexibility index (Phi) is 3.27. The molecule has 1 aromatic carbocycles. The van der Waals surface area contributed by atoms with Gasteiger partial charge < -0.3 is 15.1 Å². The zero-order chi connectivity index (χ0) is 10.7. The molecule has 0 aliphatic heterocycles. The van der Waals surface area contributed by atoms with Crippen molar-refractivity contribution < 1.29 is 19.4 Å². The van der Waals surface area contributed by atoms with Crippen molar-refractivity contribution in [3.8, 4) is 11.5 Å². The summed E-state index contributed by atoms with van der Waals surface area (Å²) in [4.78, 5) is 0. The van der Waals surface area contributed by atoms with Gasteiger partial charge in [-0.25, -0.2) is 9.87 Å². The van der Waals surface area contributed by atoms with Crippen molar-refractivity contribution >= 4 is 0 Å². The summed E-state index contributed by atoms with van der Waals surface area (Å²) in [5.41, 5.74) is 2.58. The highest BCUT2D eigenvalue weighted by Crippen LogP contribution is 2.34. The first-order valence-electron chi connectivity index (χ1n) is 4.03. The third kappa shape index (κ3) is 1.78. The molecule has 0 saturated carbocycles. The normalized spacial score (nSPS) is 10.3. The predicted octanol–water partition coefficient (Wildman–Crippen LogP) is 1.33. The lowest BCUT2D eigenvalue weighted by atomic mass is 10.1. The molecule has 0 unspecified atom stereocenters. The lowest BCUT2D eigenvalue weighted by molar-refractivity contribution is 0.159. The van der Waals surface area contributed by atoms with Crippen LogP contribution >= 0.6 is 0 Å². The summed E-state index contributed by atoms with van der Waals surface area (Å²) in [7, 11) is 1.27. The first-order valence-corrected chi connectivity index (χ1v) is 4.03. The van der Waals surface area contributed by atoms with Gasteiger partial charge in [-0.1, -0.05) is 0 Å². The number of methoxy groups -OCH3 is 1. The van der Waals surface area contributed by atoms with Gasteiger partial charge in [0.2, 0.25) is 0 Å². The number of rotatable bonds is 3. The fraction of sp³-hybridized carbons (Fsp3) is 0.333. The molecule has 3 N–H and O–H groups in total. The summed E-state index contributed by atoms with van der Waals surface area (Å²) in [5, 5.41) is 17.9. The van der Waals surface area contributed by atoms with E-state index in [1.54, 1.807) is 6.92 Å². The number of hydrogen-bond donors (Lipinski definition) is 3. The van der Waals surface area contributed by atoms with E-state index in [9.17, 15) is 9.50 Å². The van der Waals surface area contributed by atoms with E-state index in [1.165, 1.54) is 13.2 Å². The second-order valence-corrected chi connectivity index (χ2v) is 2.88. The Morgan fingerprint density at radius 3 is 2.71 bits per heavy atom. The molecule has 1 aromatic rings. The Balaban J connectivity index is 3.27. The van der Waals surface area contributed by atoms with Crippen molar-refractivity contribution in [1.29, 1.82) is 0 Å². The monoisotopic (exact) mass is 201 g/mol. The fourth-order valence-corrected chi connectivity index (χ4v) is 1.22. The van der Waals surface area contributed by atoms with Gasteiger partial charge in [0.15, 0.2) is 17.3 Å². The summed E-state index contributed by atoms with van der Waals surface area (Å²) >= 11 is 0. The first kappa shape index (κ1) is 10.7. The molecule has 0 atom stereocenters. The molecule has 4 nitrogen and oxygen atoms in total. The molecular formula is C9H12FNO3. The average Bonchev–Trinajstić information content (AvgIpc) is 2.16. The van der Waals surface area contributed by atoms with Crippen LogP contribution in [-0.4, -0.2) is 17.4 Å². The summed E-state index contributed by atoms with van der Waals surface area (Å²) in [6, 6.07) is 1.44. The van der Waals surface area contributed by atoms with Crippen LogP contribution < -0.4 is 10.2 Å². The molecule has 14 heavy (non-hydrogen) atoms. The van der Waals surface area contributed by atoms with Gasteiger partial charge in [0.05, 0.1) is 7.11 Å². The number of hydrogen-bond acceptors (Lipinski definition) is 4. The Bertz CT molecular complexity index is 341. The van der Waals surface area contributed by atoms with Crippen LogP contribution in [0.1, 0.15) is 11.1 Å². The van der Waals surface area contributed by atoms with Crippen LogP contribution in [0.25, 0.3) is 0 Å². The molecule has 0 aromatic heterocycles. The number of aryl methyl sites for hydroxylation is 1. The summed E-state index contributed by atoms with van der Waals surface area (Å²) < 4.78 is 18.2. The molecule has 78 valence electrons. The Hall–Kier alpha value is -1.33. The van der Waals surface area contributed by atoms with E-state index in [1.807, 2.05) is 5.48 Å². The number of ether oxygens (including phenoxy) is 1. The zero-order valence-corrected chi connectivity index (χ0v) is 7.97. The highest BCUT2D eigenvalue weighted by atomic mass is 19.1. The van der Waals surface area contributed by atoms with Crippen LogP contribution in [0.4, 0.5) is 4.39 Å². The number of halogens is 1. The van der Waals surface area contributed by atoms with Crippen molar-refractivity contribution in [1.82, 2.24) is 5.48 Å². The highest BCUT2D eigenvalue weighted by Gasteiger charge is 2.15. The lowest BCUT2D eigenvalue weighted by Crippen LogP contribution is -2.09. The molecule has 5 heteroatoms. The molecule has 0 bridgehead atoms. The van der Waals surface area contributed by atoms with E-state index in [0.717, 1.165) is 0 Å². The molecule has 0 saturated heterocycles. The van der Waals surface area contributed by atoms with Crippen molar-refractivity contribution in [2.45, 2.75) is 13.5 Å². The molecule has 0 amide bonds. The van der Waals surface area contributed by atoms with Crippen molar-refractivity contribution in [2.24, 2.45) is 0 Å². The predicted molar refractivity (Wildman–Crippen MR) is 48.0 cm³/mol. The summed E-state index contributed by atoms with van der Waals surface area (Å²) in [6.07, 6.45) is 0. The number of aromatic hydroxyl groups is 1. The van der Waals surface area contributed by atoms with Crippen LogP contribution in [0.3, 0.4) is 0 Å². The van der Waals surface area contributed by atoms with E-state index in [0.29, 0.717) is 5.56 Å². The summed E-state index contributed by atoms with van der Waals surface area (Å²) in [6.45, 7) is 1.58. The molecular weight excluding hydrogens is 189 g/mol. The second kappa shape index (κ2) is 4.26. The maximum atomic E-state index is 13.5. The van der Waals surface area contributed by atoms with Crippen molar-refractivity contribution in [3.63, 3.8) is 0 Å². The van der Waals surface area contributed by atoms with Crippen LogP contribution in [0.2, 0.25) is 0 Å². The topological polar surface area (TPSA) is 61.7 Å². The number of benzene rings is 1. The van der Waals surface area contributed by atoms with Gasteiger partial charge in [0.25, 0.3) is 0 Å². The SMILES string of the molecule is COc1c(O)c(C)cc(CNO)c1F. The Morgan fingerprint density at radius 2 is 2.21 bits per heavy atom. The third-order valence-corrected chi connectivity index (χ3v) is 1.93. The average molecular weight is 201 g/mol.